The number of hydrogen-bond acceptors (Lipinski definition) is 3. The summed E-state index contributed by atoms with van der Waals surface area (Å²) in [6.07, 6.45) is 27.6. The van der Waals surface area contributed by atoms with Crippen molar-refractivity contribution < 1.29 is 14.6 Å². The van der Waals surface area contributed by atoms with Crippen LogP contribution >= 0.6 is 0 Å². The number of carbonyl (C=O) groups excluding carboxylic acids is 1. The largest absolute Gasteiger partial charge is 0.463 e. The van der Waals surface area contributed by atoms with Crippen LogP contribution in [0.1, 0.15) is 90.9 Å². The minimum Gasteiger partial charge on any atom is -0.463 e. The fourth-order valence-corrected chi connectivity index (χ4v) is 3.70. The van der Waals surface area contributed by atoms with Crippen LogP contribution in [0.15, 0.2) is 36.5 Å². The highest BCUT2D eigenvalue weighted by Gasteiger charge is 2.19. The maximum Gasteiger partial charge on any atom is 0.302 e. The molecule has 3 heteroatoms. The van der Waals surface area contributed by atoms with Crippen LogP contribution in [0.25, 0.3) is 0 Å². The maximum atomic E-state index is 10.7. The molecule has 1 aliphatic carbocycles. The lowest BCUT2D eigenvalue weighted by molar-refractivity contribution is -0.144. The fraction of sp³-hybridized carbons (Fsp3) is 0.720. The van der Waals surface area contributed by atoms with Crippen LogP contribution in [0.4, 0.5) is 0 Å². The molecule has 3 nitrogen and oxygen atoms in total. The van der Waals surface area contributed by atoms with Crippen LogP contribution in [-0.4, -0.2) is 23.8 Å². The van der Waals surface area contributed by atoms with Crippen molar-refractivity contribution in [1.29, 1.82) is 0 Å². The quantitative estimate of drug-likeness (QED) is 0.185. The van der Waals surface area contributed by atoms with Gasteiger partial charge in [-0.1, -0.05) is 81.9 Å². The van der Waals surface area contributed by atoms with E-state index in [1.165, 1.54) is 51.9 Å². The monoisotopic (exact) mass is 390 g/mol. The molecule has 0 saturated carbocycles. The van der Waals surface area contributed by atoms with E-state index in [0.717, 1.165) is 38.0 Å². The van der Waals surface area contributed by atoms with E-state index in [9.17, 15) is 9.90 Å². The number of carbonyl (C=O) groups is 1. The molecule has 0 spiro atoms. The Morgan fingerprint density at radius 2 is 1.86 bits per heavy atom. The van der Waals surface area contributed by atoms with Crippen molar-refractivity contribution in [3.8, 4) is 0 Å². The van der Waals surface area contributed by atoms with Gasteiger partial charge in [0.25, 0.3) is 0 Å². The molecule has 1 unspecified atom stereocenters. The first-order valence-electron chi connectivity index (χ1n) is 11.4. The number of ether oxygens (including phenoxy) is 1. The van der Waals surface area contributed by atoms with Crippen molar-refractivity contribution in [2.75, 3.05) is 6.61 Å². The number of aliphatic hydroxyl groups is 1. The summed E-state index contributed by atoms with van der Waals surface area (Å²) in [6, 6.07) is 0. The molecule has 0 aliphatic heterocycles. The molecule has 0 aromatic rings. The molecule has 0 aromatic heterocycles. The smallest absolute Gasteiger partial charge is 0.302 e. The normalized spacial score (nSPS) is 20.4. The Hall–Kier alpha value is -1.35. The second-order valence-electron chi connectivity index (χ2n) is 8.07. The molecule has 0 bridgehead atoms. The molecular weight excluding hydrogens is 348 g/mol. The van der Waals surface area contributed by atoms with Gasteiger partial charge in [-0.3, -0.25) is 4.79 Å². The topological polar surface area (TPSA) is 46.5 Å². The zero-order valence-electron chi connectivity index (χ0n) is 18.2. The third-order valence-corrected chi connectivity index (χ3v) is 5.43. The van der Waals surface area contributed by atoms with E-state index in [0.29, 0.717) is 5.92 Å². The standard InChI is InChI=1S/C25H42O3/c1-3-4-5-6-7-8-9-12-16-23-18-15-19-24(23)17-13-10-11-14-20-25(27)21-28-22(2)26/h6-7,12,15-16,18,23-25,27H,3-5,8-11,13-14,17,19-21H2,1-2H3/t23-,24-,25?/m0/s1. The first-order chi connectivity index (χ1) is 13.6. The number of hydrogen-bond donors (Lipinski definition) is 1. The van der Waals surface area contributed by atoms with Crippen LogP contribution in [0, 0.1) is 11.8 Å². The van der Waals surface area contributed by atoms with E-state index >= 15 is 0 Å². The van der Waals surface area contributed by atoms with Crippen LogP contribution in [0.2, 0.25) is 0 Å². The van der Waals surface area contributed by atoms with E-state index in [-0.39, 0.29) is 12.6 Å². The summed E-state index contributed by atoms with van der Waals surface area (Å²) in [6.45, 7) is 3.74. The van der Waals surface area contributed by atoms with Gasteiger partial charge in [0.05, 0.1) is 6.10 Å². The fourth-order valence-electron chi connectivity index (χ4n) is 3.70. The summed E-state index contributed by atoms with van der Waals surface area (Å²) < 4.78 is 4.82. The highest BCUT2D eigenvalue weighted by molar-refractivity contribution is 5.65. The number of esters is 1. The number of unbranched alkanes of at least 4 members (excludes halogenated alkanes) is 6. The zero-order valence-corrected chi connectivity index (χ0v) is 18.2. The Morgan fingerprint density at radius 3 is 2.64 bits per heavy atom. The van der Waals surface area contributed by atoms with E-state index in [1.807, 2.05) is 0 Å². The summed E-state index contributed by atoms with van der Waals surface area (Å²) in [4.78, 5) is 10.7. The van der Waals surface area contributed by atoms with E-state index in [2.05, 4.69) is 43.4 Å². The predicted molar refractivity (Wildman–Crippen MR) is 118 cm³/mol. The summed E-state index contributed by atoms with van der Waals surface area (Å²) in [5.74, 6) is 1.07. The Morgan fingerprint density at radius 1 is 1.11 bits per heavy atom. The molecule has 0 saturated heterocycles. The van der Waals surface area contributed by atoms with Gasteiger partial charge in [-0.15, -0.1) is 0 Å². The van der Waals surface area contributed by atoms with Crippen molar-refractivity contribution in [3.63, 3.8) is 0 Å². The van der Waals surface area contributed by atoms with Crippen molar-refractivity contribution >= 4 is 5.97 Å². The Labute approximate surface area is 172 Å². The number of aliphatic hydroxyl groups excluding tert-OH is 1. The van der Waals surface area contributed by atoms with Gasteiger partial charge >= 0.3 is 5.97 Å². The van der Waals surface area contributed by atoms with Crippen molar-refractivity contribution in [3.05, 3.63) is 36.5 Å². The van der Waals surface area contributed by atoms with Crippen molar-refractivity contribution in [2.45, 2.75) is 97.0 Å². The van der Waals surface area contributed by atoms with E-state index in [1.54, 1.807) is 0 Å². The third kappa shape index (κ3) is 12.9. The molecule has 0 amide bonds. The van der Waals surface area contributed by atoms with Gasteiger partial charge < -0.3 is 9.84 Å². The lowest BCUT2D eigenvalue weighted by Crippen LogP contribution is -2.17. The summed E-state index contributed by atoms with van der Waals surface area (Å²) in [5, 5.41) is 9.74. The van der Waals surface area contributed by atoms with Crippen molar-refractivity contribution in [2.24, 2.45) is 11.8 Å². The predicted octanol–water partition coefficient (Wildman–Crippen LogP) is 6.53. The highest BCUT2D eigenvalue weighted by atomic mass is 16.5. The minimum absolute atomic E-state index is 0.131. The number of rotatable bonds is 16. The minimum atomic E-state index is -0.515. The molecule has 0 heterocycles. The van der Waals surface area contributed by atoms with Crippen molar-refractivity contribution in [1.82, 2.24) is 0 Å². The molecular formula is C25H42O3. The van der Waals surface area contributed by atoms with Crippen LogP contribution in [0.5, 0.6) is 0 Å². The molecule has 0 radical (unpaired) electrons. The van der Waals surface area contributed by atoms with Gasteiger partial charge in [0.15, 0.2) is 0 Å². The lowest BCUT2D eigenvalue weighted by Gasteiger charge is -2.16. The average Bonchev–Trinajstić information content (AvgIpc) is 3.12. The van der Waals surface area contributed by atoms with Gasteiger partial charge in [-0.05, 0) is 50.4 Å². The summed E-state index contributed by atoms with van der Waals surface area (Å²) >= 11 is 0. The molecule has 1 N–H and O–H groups in total. The second-order valence-corrected chi connectivity index (χ2v) is 8.07. The van der Waals surface area contributed by atoms with Gasteiger partial charge in [0.2, 0.25) is 0 Å². The first kappa shape index (κ1) is 24.7. The zero-order chi connectivity index (χ0) is 20.5. The van der Waals surface area contributed by atoms with E-state index in [4.69, 9.17) is 4.74 Å². The van der Waals surface area contributed by atoms with Gasteiger partial charge in [-0.2, -0.15) is 0 Å². The van der Waals surface area contributed by atoms with Crippen LogP contribution in [0.3, 0.4) is 0 Å². The maximum absolute atomic E-state index is 10.7. The number of allylic oxidation sites excluding steroid dienone is 6. The second kappa shape index (κ2) is 16.6. The van der Waals surface area contributed by atoms with Gasteiger partial charge in [-0.25, -0.2) is 0 Å². The van der Waals surface area contributed by atoms with E-state index < -0.39 is 6.10 Å². The first-order valence-corrected chi connectivity index (χ1v) is 11.4. The Kier molecular flexibility index (Phi) is 14.6. The molecule has 0 fully saturated rings. The molecule has 0 aromatic carbocycles. The Bertz CT molecular complexity index is 478. The summed E-state index contributed by atoms with van der Waals surface area (Å²) in [7, 11) is 0. The average molecular weight is 391 g/mol. The SMILES string of the molecule is CCCCC=CCCC=C[C@H]1C=CC[C@@H]1CCCCCCC(O)COC(C)=O. The molecule has 160 valence electrons. The van der Waals surface area contributed by atoms with Crippen LogP contribution in [-0.2, 0) is 9.53 Å². The highest BCUT2D eigenvalue weighted by Crippen LogP contribution is 2.31. The molecule has 1 rings (SSSR count). The third-order valence-electron chi connectivity index (χ3n) is 5.43. The Balaban J connectivity index is 2.05. The summed E-state index contributed by atoms with van der Waals surface area (Å²) in [5.41, 5.74) is 0. The molecule has 28 heavy (non-hydrogen) atoms. The lowest BCUT2D eigenvalue weighted by atomic mass is 9.89. The van der Waals surface area contributed by atoms with Gasteiger partial charge in [0, 0.05) is 6.92 Å². The van der Waals surface area contributed by atoms with Gasteiger partial charge in [0.1, 0.15) is 6.61 Å². The molecule has 3 atom stereocenters. The van der Waals surface area contributed by atoms with Crippen LogP contribution < -0.4 is 0 Å². The molecule has 1 aliphatic rings.